The van der Waals surface area contributed by atoms with Crippen molar-refractivity contribution in [1.82, 2.24) is 15.3 Å². The summed E-state index contributed by atoms with van der Waals surface area (Å²) in [4.78, 5) is 19.5. The van der Waals surface area contributed by atoms with Crippen molar-refractivity contribution in [3.05, 3.63) is 82.8 Å². The van der Waals surface area contributed by atoms with Gasteiger partial charge in [0.25, 0.3) is 0 Å². The van der Waals surface area contributed by atoms with Gasteiger partial charge in [-0.05, 0) is 35.9 Å². The summed E-state index contributed by atoms with van der Waals surface area (Å²) in [6.45, 7) is -0.219. The van der Waals surface area contributed by atoms with Crippen LogP contribution in [0, 0.1) is 24.0 Å². The second kappa shape index (κ2) is 10.8. The molecule has 192 valence electrons. The molecule has 2 aromatic heterocycles. The molecule has 0 aliphatic rings. The summed E-state index contributed by atoms with van der Waals surface area (Å²) < 4.78 is 92.9. The molecule has 0 saturated carbocycles. The summed E-state index contributed by atoms with van der Waals surface area (Å²) in [5.74, 6) is -0.384. The lowest BCUT2D eigenvalue weighted by molar-refractivity contribution is -0.141. The summed E-state index contributed by atoms with van der Waals surface area (Å²) in [5.41, 5.74) is -2.22. The van der Waals surface area contributed by atoms with Crippen LogP contribution >= 0.6 is 0 Å². The van der Waals surface area contributed by atoms with Crippen molar-refractivity contribution < 1.29 is 35.2 Å². The van der Waals surface area contributed by atoms with E-state index in [2.05, 4.69) is 21.2 Å². The average Bonchev–Trinajstić information content (AvgIpc) is 2.81. The lowest BCUT2D eigenvalue weighted by Crippen LogP contribution is -2.21. The number of anilines is 1. The molecule has 0 radical (unpaired) electrons. The first-order chi connectivity index (χ1) is 17.3. The first-order valence-electron chi connectivity index (χ1n) is 10.2. The van der Waals surface area contributed by atoms with Crippen LogP contribution in [0.2, 0.25) is 0 Å². The van der Waals surface area contributed by atoms with E-state index < -0.39 is 45.1 Å². The number of alkyl halides is 3. The van der Waals surface area contributed by atoms with Gasteiger partial charge in [-0.1, -0.05) is 12.0 Å². The van der Waals surface area contributed by atoms with E-state index in [1.165, 1.54) is 6.07 Å². The molecule has 37 heavy (non-hydrogen) atoms. The number of nitrogens with zero attached hydrogens (tertiary/aromatic N) is 2. The Bertz CT molecular complexity index is 1530. The number of pyridine rings is 2. The Hall–Kier alpha value is -4.31. The first-order valence-corrected chi connectivity index (χ1v) is 12.1. The monoisotopic (exact) mass is 536 g/mol. The van der Waals surface area contributed by atoms with Crippen LogP contribution in [0.25, 0.3) is 17.3 Å². The summed E-state index contributed by atoms with van der Waals surface area (Å²) in [7, 11) is -3.80. The Labute approximate surface area is 208 Å². The van der Waals surface area contributed by atoms with E-state index in [9.17, 15) is 35.2 Å². The van der Waals surface area contributed by atoms with E-state index in [1.54, 1.807) is 0 Å². The fourth-order valence-electron chi connectivity index (χ4n) is 3.11. The quantitative estimate of drug-likeness (QED) is 0.269. The number of halogens is 5. The molecule has 0 spiro atoms. The normalized spacial score (nSPS) is 11.8. The zero-order chi connectivity index (χ0) is 27.4. The summed E-state index contributed by atoms with van der Waals surface area (Å²) in [5, 5.41) is 2.44. The van der Waals surface area contributed by atoms with Gasteiger partial charge in [-0.2, -0.15) is 13.2 Å². The zero-order valence-electron chi connectivity index (χ0n) is 18.9. The highest BCUT2D eigenvalue weighted by atomic mass is 32.2. The standard InChI is InChI=1S/C24H17F5N4O3S/c1-3-15-10-14(11-19(26)23(15)33-37(2,35)36)12-31-21(34)7-5-16-4-6-20(24(27,28)29)32-22(16)17-13-30-9-8-18(17)25/h1,4-11,13,33H,12H2,2H3,(H,31,34)/b7-5-. The lowest BCUT2D eigenvalue weighted by atomic mass is 10.1. The van der Waals surface area contributed by atoms with Crippen molar-refractivity contribution in [2.24, 2.45) is 0 Å². The molecule has 0 bridgehead atoms. The van der Waals surface area contributed by atoms with Crippen LogP contribution in [-0.2, 0) is 27.5 Å². The Morgan fingerprint density at radius 3 is 2.51 bits per heavy atom. The van der Waals surface area contributed by atoms with Gasteiger partial charge in [-0.15, -0.1) is 6.42 Å². The van der Waals surface area contributed by atoms with Gasteiger partial charge in [-0.25, -0.2) is 22.2 Å². The summed E-state index contributed by atoms with van der Waals surface area (Å²) in [6, 6.07) is 4.94. The van der Waals surface area contributed by atoms with E-state index in [-0.39, 0.29) is 34.5 Å². The van der Waals surface area contributed by atoms with Crippen molar-refractivity contribution in [2.75, 3.05) is 11.0 Å². The highest BCUT2D eigenvalue weighted by Gasteiger charge is 2.33. The van der Waals surface area contributed by atoms with E-state index in [4.69, 9.17) is 6.42 Å². The number of rotatable bonds is 7. The molecule has 2 N–H and O–H groups in total. The molecular weight excluding hydrogens is 519 g/mol. The molecule has 13 heteroatoms. The number of carbonyl (C=O) groups excluding carboxylic acids is 1. The molecule has 3 rings (SSSR count). The maximum atomic E-state index is 14.4. The van der Waals surface area contributed by atoms with Gasteiger partial charge in [0.15, 0.2) is 0 Å². The predicted octanol–water partition coefficient (Wildman–Crippen LogP) is 4.12. The fourth-order valence-corrected chi connectivity index (χ4v) is 3.69. The largest absolute Gasteiger partial charge is 0.433 e. The predicted molar refractivity (Wildman–Crippen MR) is 126 cm³/mol. The van der Waals surface area contributed by atoms with Crippen molar-refractivity contribution in [2.45, 2.75) is 12.7 Å². The molecule has 2 heterocycles. The van der Waals surface area contributed by atoms with Crippen molar-refractivity contribution >= 4 is 27.7 Å². The number of nitrogens with one attached hydrogen (secondary N) is 2. The Morgan fingerprint density at radius 2 is 1.89 bits per heavy atom. The number of terminal acetylenes is 1. The molecule has 0 atom stereocenters. The minimum Gasteiger partial charge on any atom is -0.348 e. The molecule has 3 aromatic rings. The van der Waals surface area contributed by atoms with Crippen LogP contribution in [-0.4, -0.2) is 30.5 Å². The van der Waals surface area contributed by atoms with Crippen molar-refractivity contribution in [1.29, 1.82) is 0 Å². The second-order valence-electron chi connectivity index (χ2n) is 7.56. The van der Waals surface area contributed by atoms with Gasteiger partial charge in [0.2, 0.25) is 15.9 Å². The minimum atomic E-state index is -4.79. The Morgan fingerprint density at radius 1 is 1.16 bits per heavy atom. The van der Waals surface area contributed by atoms with E-state index >= 15 is 0 Å². The zero-order valence-corrected chi connectivity index (χ0v) is 19.7. The third-order valence-electron chi connectivity index (χ3n) is 4.71. The molecule has 7 nitrogen and oxygen atoms in total. The maximum Gasteiger partial charge on any atom is 0.433 e. The molecular formula is C24H17F5N4O3S. The first kappa shape index (κ1) is 27.3. The van der Waals surface area contributed by atoms with Crippen molar-refractivity contribution in [3.8, 4) is 23.6 Å². The van der Waals surface area contributed by atoms with Gasteiger partial charge in [0, 0.05) is 30.6 Å². The summed E-state index contributed by atoms with van der Waals surface area (Å²) >= 11 is 0. The van der Waals surface area contributed by atoms with E-state index in [0.717, 1.165) is 49.0 Å². The van der Waals surface area contributed by atoms with Crippen LogP contribution in [0.1, 0.15) is 22.4 Å². The van der Waals surface area contributed by atoms with Gasteiger partial charge < -0.3 is 5.32 Å². The number of carbonyl (C=O) groups is 1. The Kier molecular flexibility index (Phi) is 7.93. The van der Waals surface area contributed by atoms with Crippen LogP contribution in [0.5, 0.6) is 0 Å². The second-order valence-corrected chi connectivity index (χ2v) is 9.31. The smallest absolute Gasteiger partial charge is 0.348 e. The topological polar surface area (TPSA) is 101 Å². The average molecular weight is 536 g/mol. The number of benzene rings is 1. The molecule has 0 saturated heterocycles. The molecule has 0 fully saturated rings. The van der Waals surface area contributed by atoms with Crippen LogP contribution in [0.3, 0.4) is 0 Å². The van der Waals surface area contributed by atoms with E-state index in [0.29, 0.717) is 6.07 Å². The third-order valence-corrected chi connectivity index (χ3v) is 5.29. The maximum absolute atomic E-state index is 14.4. The molecule has 0 aliphatic carbocycles. The molecule has 0 unspecified atom stereocenters. The van der Waals surface area contributed by atoms with Crippen LogP contribution in [0.15, 0.2) is 48.8 Å². The van der Waals surface area contributed by atoms with Gasteiger partial charge >= 0.3 is 6.18 Å². The number of sulfonamides is 1. The fraction of sp³-hybridized carbons (Fsp3) is 0.125. The highest BCUT2D eigenvalue weighted by molar-refractivity contribution is 7.92. The number of aromatic nitrogens is 2. The Balaban J connectivity index is 1.83. The molecule has 0 aliphatic heterocycles. The molecule has 1 aromatic carbocycles. The third kappa shape index (κ3) is 7.11. The van der Waals surface area contributed by atoms with Crippen molar-refractivity contribution in [3.63, 3.8) is 0 Å². The SMILES string of the molecule is C#Cc1cc(CNC(=O)/C=C\c2ccc(C(F)(F)F)nc2-c2cnccc2F)cc(F)c1NS(C)(=O)=O. The van der Waals surface area contributed by atoms with E-state index in [1.807, 2.05) is 4.72 Å². The van der Waals surface area contributed by atoms with Gasteiger partial charge in [0.05, 0.1) is 28.8 Å². The van der Waals surface area contributed by atoms with Gasteiger partial charge in [0.1, 0.15) is 17.3 Å². The lowest BCUT2D eigenvalue weighted by Gasteiger charge is -2.12. The number of amides is 1. The molecule has 1 amide bonds. The number of hydrogen-bond donors (Lipinski definition) is 2. The van der Waals surface area contributed by atoms with Gasteiger partial charge in [-0.3, -0.25) is 14.5 Å². The van der Waals surface area contributed by atoms with Crippen LogP contribution < -0.4 is 10.0 Å². The summed E-state index contributed by atoms with van der Waals surface area (Å²) in [6.07, 6.45) is 5.60. The number of hydrogen-bond acceptors (Lipinski definition) is 5. The minimum absolute atomic E-state index is 0.00640. The van der Waals surface area contributed by atoms with Crippen LogP contribution in [0.4, 0.5) is 27.6 Å². The highest BCUT2D eigenvalue weighted by Crippen LogP contribution is 2.32.